The third-order valence-corrected chi connectivity index (χ3v) is 6.75. The maximum absolute atomic E-state index is 13.3. The van der Waals surface area contributed by atoms with Gasteiger partial charge in [0, 0.05) is 37.5 Å². The van der Waals surface area contributed by atoms with Crippen LogP contribution in [0.3, 0.4) is 0 Å². The first-order valence-corrected chi connectivity index (χ1v) is 12.7. The molecular weight excluding hydrogens is 470 g/mol. The first-order chi connectivity index (χ1) is 18.0. The normalized spacial score (nSPS) is 20.2. The van der Waals surface area contributed by atoms with Crippen molar-refractivity contribution in [2.24, 2.45) is 0 Å². The third-order valence-electron chi connectivity index (χ3n) is 6.75. The molecule has 1 fully saturated rings. The predicted molar refractivity (Wildman–Crippen MR) is 138 cm³/mol. The first kappa shape index (κ1) is 24.6. The summed E-state index contributed by atoms with van der Waals surface area (Å²) in [4.78, 5) is 32.2. The maximum Gasteiger partial charge on any atom is 0.295 e. The fourth-order valence-electron chi connectivity index (χ4n) is 4.99. The molecule has 0 saturated carbocycles. The summed E-state index contributed by atoms with van der Waals surface area (Å²) in [6, 6.07) is 12.1. The lowest BCUT2D eigenvalue weighted by molar-refractivity contribution is -0.139. The Hall–Kier alpha value is -4.07. The van der Waals surface area contributed by atoms with Crippen molar-refractivity contribution in [1.29, 1.82) is 0 Å². The molecule has 1 N–H and O–H groups in total. The molecular formula is C29H31N3O5. The van der Waals surface area contributed by atoms with Crippen molar-refractivity contribution in [3.8, 4) is 11.5 Å². The van der Waals surface area contributed by atoms with Gasteiger partial charge in [-0.3, -0.25) is 9.59 Å². The Labute approximate surface area is 216 Å². The van der Waals surface area contributed by atoms with E-state index < -0.39 is 17.7 Å². The Morgan fingerprint density at radius 3 is 2.70 bits per heavy atom. The molecule has 2 aromatic carbocycles. The Morgan fingerprint density at radius 2 is 1.97 bits per heavy atom. The van der Waals surface area contributed by atoms with Crippen molar-refractivity contribution in [3.05, 3.63) is 83.4 Å². The van der Waals surface area contributed by atoms with Gasteiger partial charge in [-0.15, -0.1) is 0 Å². The Balaban J connectivity index is 1.50. The van der Waals surface area contributed by atoms with Crippen molar-refractivity contribution < 1.29 is 24.2 Å². The fraction of sp³-hybridized carbons (Fsp3) is 0.345. The minimum absolute atomic E-state index is 0.0573. The van der Waals surface area contributed by atoms with E-state index in [-0.39, 0.29) is 17.4 Å². The average molecular weight is 502 g/mol. The van der Waals surface area contributed by atoms with E-state index in [4.69, 9.17) is 9.47 Å². The van der Waals surface area contributed by atoms with E-state index >= 15 is 0 Å². The number of likely N-dealkylation sites (tertiary alicyclic amines) is 1. The number of ether oxygens (including phenoxy) is 2. The van der Waals surface area contributed by atoms with Crippen molar-refractivity contribution in [2.75, 3.05) is 13.2 Å². The van der Waals surface area contributed by atoms with Gasteiger partial charge in [0.05, 0.1) is 24.5 Å². The Morgan fingerprint density at radius 1 is 1.16 bits per heavy atom. The molecule has 2 atom stereocenters. The van der Waals surface area contributed by atoms with Gasteiger partial charge >= 0.3 is 0 Å². The molecule has 0 spiro atoms. The van der Waals surface area contributed by atoms with Crippen LogP contribution in [0.1, 0.15) is 49.4 Å². The van der Waals surface area contributed by atoms with Gasteiger partial charge in [-0.05, 0) is 61.2 Å². The van der Waals surface area contributed by atoms with Crippen LogP contribution in [-0.2, 0) is 22.6 Å². The standard InChI is InChI=1S/C29H31N3O5/c1-3-15-36-23-8-5-20(6-9-23)26-25(27(33)21-7-10-24-22(17-21)16-19(2)37-24)28(34)29(35)32(26)13-4-12-31-14-11-30-18-31/h5-11,14,17-19,26,33H,3-4,12-13,15-16H2,1-2H3/b27-25+/t19-,26+/m1/s1. The first-order valence-electron chi connectivity index (χ1n) is 12.7. The van der Waals surface area contributed by atoms with Crippen LogP contribution in [0, 0.1) is 0 Å². The Kier molecular flexibility index (Phi) is 6.99. The largest absolute Gasteiger partial charge is 0.507 e. The SMILES string of the molecule is CCCOc1ccc([C@H]2/C(=C(\O)c3ccc4c(c3)C[C@@H](C)O4)C(=O)C(=O)N2CCCn2ccnc2)cc1. The quantitative estimate of drug-likeness (QED) is 0.264. The fourth-order valence-corrected chi connectivity index (χ4v) is 4.99. The Bertz CT molecular complexity index is 1310. The number of fused-ring (bicyclic) bond motifs is 1. The molecule has 1 amide bonds. The number of aliphatic hydroxyl groups is 1. The van der Waals surface area contributed by atoms with Crippen molar-refractivity contribution in [1.82, 2.24) is 14.5 Å². The summed E-state index contributed by atoms with van der Waals surface area (Å²) in [5.74, 6) is 0.0379. The average Bonchev–Trinajstić information content (AvgIpc) is 3.61. The number of aliphatic hydroxyl groups excluding tert-OH is 1. The van der Waals surface area contributed by atoms with Gasteiger partial charge in [-0.25, -0.2) is 4.98 Å². The number of nitrogens with zero attached hydrogens (tertiary/aromatic N) is 3. The van der Waals surface area contributed by atoms with Crippen LogP contribution >= 0.6 is 0 Å². The molecule has 1 saturated heterocycles. The molecule has 192 valence electrons. The number of rotatable bonds is 9. The lowest BCUT2D eigenvalue weighted by atomic mass is 9.94. The molecule has 3 aromatic rings. The van der Waals surface area contributed by atoms with Crippen molar-refractivity contribution in [3.63, 3.8) is 0 Å². The summed E-state index contributed by atoms with van der Waals surface area (Å²) >= 11 is 0. The van der Waals surface area contributed by atoms with Crippen LogP contribution < -0.4 is 9.47 Å². The van der Waals surface area contributed by atoms with E-state index in [1.807, 2.05) is 61.0 Å². The second-order valence-electron chi connectivity index (χ2n) is 9.52. The number of hydrogen-bond donors (Lipinski definition) is 1. The molecule has 5 rings (SSSR count). The van der Waals surface area contributed by atoms with Gasteiger partial charge in [0.25, 0.3) is 11.7 Å². The smallest absolute Gasteiger partial charge is 0.295 e. The molecule has 0 aliphatic carbocycles. The zero-order valence-corrected chi connectivity index (χ0v) is 21.1. The van der Waals surface area contributed by atoms with Crippen LogP contribution in [0.25, 0.3) is 5.76 Å². The number of aromatic nitrogens is 2. The van der Waals surface area contributed by atoms with Gasteiger partial charge < -0.3 is 24.0 Å². The lowest BCUT2D eigenvalue weighted by Crippen LogP contribution is -2.31. The van der Waals surface area contributed by atoms with E-state index in [2.05, 4.69) is 4.98 Å². The predicted octanol–water partition coefficient (Wildman–Crippen LogP) is 4.51. The summed E-state index contributed by atoms with van der Waals surface area (Å²) < 4.78 is 13.4. The number of carbonyl (C=O) groups excluding carboxylic acids is 2. The van der Waals surface area contributed by atoms with Gasteiger partial charge in [0.1, 0.15) is 23.4 Å². The highest BCUT2D eigenvalue weighted by Crippen LogP contribution is 2.41. The molecule has 37 heavy (non-hydrogen) atoms. The van der Waals surface area contributed by atoms with Gasteiger partial charge in [-0.2, -0.15) is 0 Å². The molecule has 2 aliphatic heterocycles. The lowest BCUT2D eigenvalue weighted by Gasteiger charge is -2.25. The summed E-state index contributed by atoms with van der Waals surface area (Å²) in [6.07, 6.45) is 7.59. The van der Waals surface area contributed by atoms with Gasteiger partial charge in [0.15, 0.2) is 0 Å². The number of carbonyl (C=O) groups is 2. The number of imidazole rings is 1. The highest BCUT2D eigenvalue weighted by molar-refractivity contribution is 6.46. The van der Waals surface area contributed by atoms with Crippen LogP contribution in [-0.4, -0.2) is 50.5 Å². The highest BCUT2D eigenvalue weighted by atomic mass is 16.5. The summed E-state index contributed by atoms with van der Waals surface area (Å²) in [5, 5.41) is 11.4. The number of Topliss-reactive ketones (excluding diaryl/α,β-unsaturated/α-hetero) is 1. The highest BCUT2D eigenvalue weighted by Gasteiger charge is 2.45. The van der Waals surface area contributed by atoms with Crippen LogP contribution in [0.4, 0.5) is 0 Å². The topological polar surface area (TPSA) is 93.9 Å². The number of amides is 1. The molecule has 8 heteroatoms. The molecule has 3 heterocycles. The van der Waals surface area contributed by atoms with Gasteiger partial charge in [0.2, 0.25) is 0 Å². The third kappa shape index (κ3) is 4.96. The minimum atomic E-state index is -0.702. The van der Waals surface area contributed by atoms with E-state index in [1.165, 1.54) is 0 Å². The van der Waals surface area contributed by atoms with Crippen molar-refractivity contribution in [2.45, 2.75) is 51.8 Å². The van der Waals surface area contributed by atoms with Crippen LogP contribution in [0.2, 0.25) is 0 Å². The van der Waals surface area contributed by atoms with Crippen LogP contribution in [0.5, 0.6) is 11.5 Å². The van der Waals surface area contributed by atoms with E-state index in [0.717, 1.165) is 35.5 Å². The zero-order valence-electron chi connectivity index (χ0n) is 21.1. The summed E-state index contributed by atoms with van der Waals surface area (Å²) in [7, 11) is 0. The van der Waals surface area contributed by atoms with E-state index in [1.54, 1.807) is 23.5 Å². The number of aryl methyl sites for hydroxylation is 1. The minimum Gasteiger partial charge on any atom is -0.507 e. The summed E-state index contributed by atoms with van der Waals surface area (Å²) in [5.41, 5.74) is 2.31. The molecule has 2 aliphatic rings. The van der Waals surface area contributed by atoms with Crippen molar-refractivity contribution >= 4 is 17.4 Å². The second kappa shape index (κ2) is 10.5. The second-order valence-corrected chi connectivity index (χ2v) is 9.52. The number of benzene rings is 2. The van der Waals surface area contributed by atoms with Gasteiger partial charge in [-0.1, -0.05) is 19.1 Å². The summed E-state index contributed by atoms with van der Waals surface area (Å²) in [6.45, 7) is 5.64. The molecule has 8 nitrogen and oxygen atoms in total. The molecule has 0 radical (unpaired) electrons. The van der Waals surface area contributed by atoms with Crippen LogP contribution in [0.15, 0.2) is 66.8 Å². The van der Waals surface area contributed by atoms with E-state index in [0.29, 0.717) is 31.7 Å². The zero-order chi connectivity index (χ0) is 25.9. The molecule has 0 bridgehead atoms. The number of ketones is 1. The monoisotopic (exact) mass is 501 g/mol. The van der Waals surface area contributed by atoms with E-state index in [9.17, 15) is 14.7 Å². The maximum atomic E-state index is 13.3. The molecule has 0 unspecified atom stereocenters. The molecule has 1 aromatic heterocycles. The number of hydrogen-bond acceptors (Lipinski definition) is 6.